The third-order valence-electron chi connectivity index (χ3n) is 3.37. The second-order valence-electron chi connectivity index (χ2n) is 4.75. The van der Waals surface area contributed by atoms with Crippen LogP contribution in [0.3, 0.4) is 0 Å². The predicted octanol–water partition coefficient (Wildman–Crippen LogP) is 2.03. The normalized spacial score (nSPS) is 20.6. The lowest BCUT2D eigenvalue weighted by molar-refractivity contribution is 0.355. The lowest BCUT2D eigenvalue weighted by Gasteiger charge is -2.29. The smallest absolute Gasteiger partial charge is 0.173 e. The molecule has 1 aliphatic heterocycles. The minimum atomic E-state index is -2.97. The Labute approximate surface area is 123 Å². The lowest BCUT2D eigenvalue weighted by atomic mass is 10.2. The number of para-hydroxylation sites is 1. The minimum Gasteiger partial charge on any atom is -0.345 e. The lowest BCUT2D eigenvalue weighted by Crippen LogP contribution is -2.43. The van der Waals surface area contributed by atoms with Crippen LogP contribution in [-0.2, 0) is 9.84 Å². The molecular weight excluding hydrogens is 299 g/mol. The molecule has 0 unspecified atom stereocenters. The average Bonchev–Trinajstić information content (AvgIpc) is 2.73. The predicted molar refractivity (Wildman–Crippen MR) is 82.1 cm³/mol. The third-order valence-corrected chi connectivity index (χ3v) is 5.45. The van der Waals surface area contributed by atoms with Crippen molar-refractivity contribution >= 4 is 32.9 Å². The van der Waals surface area contributed by atoms with Gasteiger partial charge in [-0.25, -0.2) is 12.8 Å². The zero-order valence-electron chi connectivity index (χ0n) is 11.2. The van der Waals surface area contributed by atoms with Gasteiger partial charge in [0.15, 0.2) is 14.9 Å². The quantitative estimate of drug-likeness (QED) is 0.865. The standard InChI is InChI=1S/C13H17FN2O2S2/c1-2-16(10-7-8-20(17,18)9-10)13(19)15-12-6-4-3-5-11(12)14/h3-6,10H,2,7-9H2,1H3,(H,15,19)/t10-/m0/s1. The highest BCUT2D eigenvalue weighted by molar-refractivity contribution is 7.91. The van der Waals surface area contributed by atoms with Crippen molar-refractivity contribution in [2.75, 3.05) is 23.4 Å². The molecule has 1 aromatic rings. The summed E-state index contributed by atoms with van der Waals surface area (Å²) in [5.74, 6) is -0.0823. The van der Waals surface area contributed by atoms with Gasteiger partial charge in [0.2, 0.25) is 0 Å². The van der Waals surface area contributed by atoms with E-state index in [-0.39, 0.29) is 23.4 Å². The highest BCUT2D eigenvalue weighted by atomic mass is 32.2. The topological polar surface area (TPSA) is 49.4 Å². The zero-order chi connectivity index (χ0) is 14.8. The van der Waals surface area contributed by atoms with Gasteiger partial charge in [-0.15, -0.1) is 0 Å². The van der Waals surface area contributed by atoms with Crippen LogP contribution in [0, 0.1) is 5.82 Å². The summed E-state index contributed by atoms with van der Waals surface area (Å²) in [4.78, 5) is 1.81. The van der Waals surface area contributed by atoms with Crippen LogP contribution < -0.4 is 5.32 Å². The van der Waals surface area contributed by atoms with Crippen molar-refractivity contribution < 1.29 is 12.8 Å². The Morgan fingerprint density at radius 2 is 2.20 bits per heavy atom. The van der Waals surface area contributed by atoms with E-state index in [1.807, 2.05) is 11.8 Å². The first kappa shape index (κ1) is 15.2. The van der Waals surface area contributed by atoms with Crippen LogP contribution in [-0.4, -0.2) is 42.5 Å². The number of hydrogen-bond acceptors (Lipinski definition) is 3. The molecule has 7 heteroatoms. The van der Waals surface area contributed by atoms with Crippen molar-refractivity contribution in [3.8, 4) is 0 Å². The van der Waals surface area contributed by atoms with Gasteiger partial charge in [0.25, 0.3) is 0 Å². The van der Waals surface area contributed by atoms with Crippen LogP contribution in [0.5, 0.6) is 0 Å². The Morgan fingerprint density at radius 3 is 2.75 bits per heavy atom. The Kier molecular flexibility index (Phi) is 4.59. The van der Waals surface area contributed by atoms with Crippen LogP contribution in [0.1, 0.15) is 13.3 Å². The molecule has 4 nitrogen and oxygen atoms in total. The molecule has 1 aliphatic rings. The van der Waals surface area contributed by atoms with Crippen LogP contribution in [0.2, 0.25) is 0 Å². The van der Waals surface area contributed by atoms with Crippen LogP contribution in [0.4, 0.5) is 10.1 Å². The molecule has 0 saturated carbocycles. The fourth-order valence-corrected chi connectivity index (χ4v) is 4.46. The van der Waals surface area contributed by atoms with Gasteiger partial charge in [0.05, 0.1) is 17.2 Å². The molecule has 0 radical (unpaired) electrons. The van der Waals surface area contributed by atoms with Crippen molar-refractivity contribution in [2.45, 2.75) is 19.4 Å². The number of thiocarbonyl (C=S) groups is 1. The molecule has 0 aromatic heterocycles. The molecule has 2 rings (SSSR count). The number of sulfone groups is 1. The van der Waals surface area contributed by atoms with E-state index >= 15 is 0 Å². The summed E-state index contributed by atoms with van der Waals surface area (Å²) in [7, 11) is -2.97. The number of hydrogen-bond donors (Lipinski definition) is 1. The van der Waals surface area contributed by atoms with Gasteiger partial charge in [-0.3, -0.25) is 0 Å². The van der Waals surface area contributed by atoms with Gasteiger partial charge < -0.3 is 10.2 Å². The van der Waals surface area contributed by atoms with E-state index in [4.69, 9.17) is 12.2 Å². The number of halogens is 1. The molecule has 0 bridgehead atoms. The summed E-state index contributed by atoms with van der Waals surface area (Å²) in [5.41, 5.74) is 0.303. The molecule has 20 heavy (non-hydrogen) atoms. The second-order valence-corrected chi connectivity index (χ2v) is 7.37. The van der Waals surface area contributed by atoms with E-state index < -0.39 is 9.84 Å². The summed E-state index contributed by atoms with van der Waals surface area (Å²) in [6, 6.07) is 6.13. The SMILES string of the molecule is CCN(C(=S)Nc1ccccc1F)[C@H]1CCS(=O)(=O)C1. The molecule has 0 amide bonds. The number of nitrogens with one attached hydrogen (secondary N) is 1. The summed E-state index contributed by atoms with van der Waals surface area (Å²) in [5, 5.41) is 3.21. The van der Waals surface area contributed by atoms with Gasteiger partial charge in [0.1, 0.15) is 5.82 Å². The van der Waals surface area contributed by atoms with Gasteiger partial charge in [-0.2, -0.15) is 0 Å². The first-order valence-corrected chi connectivity index (χ1v) is 8.68. The maximum Gasteiger partial charge on any atom is 0.173 e. The molecule has 1 atom stereocenters. The first-order chi connectivity index (χ1) is 9.43. The van der Waals surface area contributed by atoms with Gasteiger partial charge in [-0.1, -0.05) is 12.1 Å². The summed E-state index contributed by atoms with van der Waals surface area (Å²) >= 11 is 5.28. The van der Waals surface area contributed by atoms with Crippen molar-refractivity contribution in [3.05, 3.63) is 30.1 Å². The summed E-state index contributed by atoms with van der Waals surface area (Å²) in [6.45, 7) is 2.49. The fraction of sp³-hybridized carbons (Fsp3) is 0.462. The van der Waals surface area contributed by atoms with Crippen LogP contribution in [0.25, 0.3) is 0 Å². The second kappa shape index (κ2) is 6.05. The van der Waals surface area contributed by atoms with E-state index in [2.05, 4.69) is 5.32 Å². The zero-order valence-corrected chi connectivity index (χ0v) is 12.8. The molecule has 1 aromatic carbocycles. The molecular formula is C13H17FN2O2S2. The minimum absolute atomic E-state index is 0.111. The molecule has 1 fully saturated rings. The highest BCUT2D eigenvalue weighted by Gasteiger charge is 2.32. The maximum atomic E-state index is 13.6. The molecule has 1 N–H and O–H groups in total. The van der Waals surface area contributed by atoms with Crippen molar-refractivity contribution in [2.24, 2.45) is 0 Å². The molecule has 1 heterocycles. The van der Waals surface area contributed by atoms with Crippen molar-refractivity contribution in [1.82, 2.24) is 4.90 Å². The molecule has 110 valence electrons. The van der Waals surface area contributed by atoms with Gasteiger partial charge >= 0.3 is 0 Å². The fourth-order valence-electron chi connectivity index (χ4n) is 2.34. The highest BCUT2D eigenvalue weighted by Crippen LogP contribution is 2.20. The van der Waals surface area contributed by atoms with E-state index in [1.54, 1.807) is 18.2 Å². The van der Waals surface area contributed by atoms with Crippen molar-refractivity contribution in [1.29, 1.82) is 0 Å². The number of nitrogens with zero attached hydrogens (tertiary/aromatic N) is 1. The third kappa shape index (κ3) is 3.46. The molecule has 0 spiro atoms. The maximum absolute atomic E-state index is 13.6. The van der Waals surface area contributed by atoms with Gasteiger partial charge in [0, 0.05) is 12.6 Å². The van der Waals surface area contributed by atoms with E-state index in [0.717, 1.165) is 0 Å². The summed E-state index contributed by atoms with van der Waals surface area (Å²) in [6.07, 6.45) is 0.565. The van der Waals surface area contributed by atoms with E-state index in [1.165, 1.54) is 6.07 Å². The molecule has 0 aliphatic carbocycles. The largest absolute Gasteiger partial charge is 0.345 e. The number of benzene rings is 1. The van der Waals surface area contributed by atoms with E-state index in [0.29, 0.717) is 23.8 Å². The summed E-state index contributed by atoms with van der Waals surface area (Å²) < 4.78 is 36.7. The van der Waals surface area contributed by atoms with Crippen LogP contribution in [0.15, 0.2) is 24.3 Å². The Morgan fingerprint density at radius 1 is 1.50 bits per heavy atom. The Hall–Kier alpha value is -1.21. The van der Waals surface area contributed by atoms with Crippen molar-refractivity contribution in [3.63, 3.8) is 0 Å². The monoisotopic (exact) mass is 316 g/mol. The van der Waals surface area contributed by atoms with E-state index in [9.17, 15) is 12.8 Å². The first-order valence-electron chi connectivity index (χ1n) is 6.45. The number of anilines is 1. The van der Waals surface area contributed by atoms with Crippen LogP contribution >= 0.6 is 12.2 Å². The number of rotatable bonds is 3. The average molecular weight is 316 g/mol. The Bertz CT molecular complexity index is 604. The Balaban J connectivity index is 2.09. The van der Waals surface area contributed by atoms with Gasteiger partial charge in [-0.05, 0) is 37.7 Å². The molecule has 1 saturated heterocycles.